The van der Waals surface area contributed by atoms with E-state index in [9.17, 15) is 0 Å². The quantitative estimate of drug-likeness (QED) is 0.636. The van der Waals surface area contributed by atoms with Gasteiger partial charge >= 0.3 is 0 Å². The standard InChI is InChI=1S/C20H19OSi/c1-4-10-18(11-5-1)16-17-21-22(19-12-6-2-7-13-19)20-14-8-3-9-15-20/h1-15H,16-17H2. The molecule has 0 heterocycles. The second kappa shape index (κ2) is 7.73. The fourth-order valence-electron chi connectivity index (χ4n) is 2.43. The maximum Gasteiger partial charge on any atom is 0.282 e. The topological polar surface area (TPSA) is 9.23 Å². The molecule has 0 saturated carbocycles. The summed E-state index contributed by atoms with van der Waals surface area (Å²) >= 11 is 0. The Balaban J connectivity index is 1.72. The lowest BCUT2D eigenvalue weighted by Crippen LogP contribution is -2.45. The van der Waals surface area contributed by atoms with E-state index in [4.69, 9.17) is 4.43 Å². The Labute approximate surface area is 133 Å². The Morgan fingerprint density at radius 1 is 0.591 bits per heavy atom. The predicted molar refractivity (Wildman–Crippen MR) is 94.0 cm³/mol. The van der Waals surface area contributed by atoms with Crippen molar-refractivity contribution in [2.45, 2.75) is 6.42 Å². The molecule has 1 nitrogen and oxygen atoms in total. The molecule has 0 atom stereocenters. The van der Waals surface area contributed by atoms with Crippen molar-refractivity contribution in [3.8, 4) is 0 Å². The van der Waals surface area contributed by atoms with E-state index in [0.717, 1.165) is 13.0 Å². The zero-order valence-corrected chi connectivity index (χ0v) is 13.5. The SMILES string of the molecule is c1ccc(CCO[Si](c2ccccc2)c2ccccc2)cc1. The highest BCUT2D eigenvalue weighted by Gasteiger charge is 2.18. The van der Waals surface area contributed by atoms with Crippen LogP contribution in [0.4, 0.5) is 0 Å². The maximum atomic E-state index is 6.32. The first-order valence-corrected chi connectivity index (χ1v) is 8.99. The van der Waals surface area contributed by atoms with Crippen LogP contribution in [0.3, 0.4) is 0 Å². The van der Waals surface area contributed by atoms with Gasteiger partial charge in [0.1, 0.15) is 0 Å². The van der Waals surface area contributed by atoms with Crippen LogP contribution in [0, 0.1) is 0 Å². The first kappa shape index (κ1) is 14.8. The summed E-state index contributed by atoms with van der Waals surface area (Å²) in [5, 5.41) is 2.60. The van der Waals surface area contributed by atoms with Crippen LogP contribution in [-0.2, 0) is 10.8 Å². The molecule has 0 aliphatic heterocycles. The van der Waals surface area contributed by atoms with Gasteiger partial charge < -0.3 is 4.43 Å². The van der Waals surface area contributed by atoms with Crippen molar-refractivity contribution in [3.05, 3.63) is 96.6 Å². The third kappa shape index (κ3) is 3.94. The summed E-state index contributed by atoms with van der Waals surface area (Å²) < 4.78 is 6.32. The van der Waals surface area contributed by atoms with Crippen LogP contribution in [0.15, 0.2) is 91.0 Å². The van der Waals surface area contributed by atoms with Crippen LogP contribution in [0.2, 0.25) is 0 Å². The molecule has 3 aromatic carbocycles. The van der Waals surface area contributed by atoms with E-state index < -0.39 is 9.04 Å². The summed E-state index contributed by atoms with van der Waals surface area (Å²) in [6, 6.07) is 31.7. The van der Waals surface area contributed by atoms with Crippen molar-refractivity contribution < 1.29 is 4.43 Å². The van der Waals surface area contributed by atoms with Crippen LogP contribution >= 0.6 is 0 Å². The summed E-state index contributed by atoms with van der Waals surface area (Å²) in [6.45, 7) is 0.752. The lowest BCUT2D eigenvalue weighted by Gasteiger charge is -2.16. The molecule has 0 amide bonds. The molecule has 3 aromatic rings. The number of hydrogen-bond donors (Lipinski definition) is 0. The smallest absolute Gasteiger partial charge is 0.282 e. The van der Waals surface area contributed by atoms with Crippen LogP contribution in [0.5, 0.6) is 0 Å². The first-order chi connectivity index (χ1) is 10.9. The molecule has 0 aliphatic rings. The fourth-order valence-corrected chi connectivity index (χ4v) is 4.39. The Hall–Kier alpha value is -2.16. The van der Waals surface area contributed by atoms with Crippen molar-refractivity contribution in [1.82, 2.24) is 0 Å². The van der Waals surface area contributed by atoms with E-state index in [1.807, 2.05) is 6.07 Å². The van der Waals surface area contributed by atoms with Gasteiger partial charge in [0.25, 0.3) is 9.04 Å². The number of hydrogen-bond acceptors (Lipinski definition) is 1. The van der Waals surface area contributed by atoms with Crippen LogP contribution < -0.4 is 10.4 Å². The third-order valence-corrected chi connectivity index (χ3v) is 5.76. The molecule has 0 aliphatic carbocycles. The van der Waals surface area contributed by atoms with E-state index in [0.29, 0.717) is 0 Å². The summed E-state index contributed by atoms with van der Waals surface area (Å²) in [5.74, 6) is 0. The highest BCUT2D eigenvalue weighted by molar-refractivity contribution is 6.80. The molecule has 0 unspecified atom stereocenters. The lowest BCUT2D eigenvalue weighted by molar-refractivity contribution is 0.338. The van der Waals surface area contributed by atoms with E-state index in [1.54, 1.807) is 0 Å². The van der Waals surface area contributed by atoms with Gasteiger partial charge in [-0.1, -0.05) is 91.0 Å². The van der Waals surface area contributed by atoms with Crippen LogP contribution in [0.25, 0.3) is 0 Å². The number of rotatable bonds is 6. The summed E-state index contributed by atoms with van der Waals surface area (Å²) in [5.41, 5.74) is 1.32. The molecule has 0 bridgehead atoms. The van der Waals surface area contributed by atoms with Gasteiger partial charge in [-0.15, -0.1) is 0 Å². The summed E-state index contributed by atoms with van der Waals surface area (Å²) in [4.78, 5) is 0. The zero-order chi connectivity index (χ0) is 15.0. The minimum absolute atomic E-state index is 0.752. The normalized spacial score (nSPS) is 10.8. The number of benzene rings is 3. The molecule has 22 heavy (non-hydrogen) atoms. The second-order valence-electron chi connectivity index (χ2n) is 5.15. The second-order valence-corrected chi connectivity index (χ2v) is 7.25. The maximum absolute atomic E-state index is 6.32. The van der Waals surface area contributed by atoms with Crippen LogP contribution in [0.1, 0.15) is 5.56 Å². The van der Waals surface area contributed by atoms with E-state index in [-0.39, 0.29) is 0 Å². The van der Waals surface area contributed by atoms with E-state index in [1.165, 1.54) is 15.9 Å². The Morgan fingerprint density at radius 2 is 1.05 bits per heavy atom. The van der Waals surface area contributed by atoms with E-state index >= 15 is 0 Å². The van der Waals surface area contributed by atoms with Gasteiger partial charge in [0.2, 0.25) is 0 Å². The fraction of sp³-hybridized carbons (Fsp3) is 0.100. The molecule has 0 fully saturated rings. The van der Waals surface area contributed by atoms with Crippen molar-refractivity contribution >= 4 is 19.4 Å². The van der Waals surface area contributed by atoms with E-state index in [2.05, 4.69) is 84.9 Å². The van der Waals surface area contributed by atoms with Crippen molar-refractivity contribution in [2.75, 3.05) is 6.61 Å². The molecule has 3 rings (SSSR count). The summed E-state index contributed by atoms with van der Waals surface area (Å²) in [7, 11) is -1.17. The Kier molecular flexibility index (Phi) is 5.19. The van der Waals surface area contributed by atoms with Gasteiger partial charge in [-0.2, -0.15) is 0 Å². The Bertz CT molecular complexity index is 628. The van der Waals surface area contributed by atoms with Gasteiger partial charge in [-0.05, 0) is 22.4 Å². The third-order valence-electron chi connectivity index (χ3n) is 3.55. The molecule has 0 spiro atoms. The molecule has 0 N–H and O–H groups in total. The van der Waals surface area contributed by atoms with Gasteiger partial charge in [0.05, 0.1) is 0 Å². The highest BCUT2D eigenvalue weighted by Crippen LogP contribution is 2.01. The van der Waals surface area contributed by atoms with Crippen LogP contribution in [-0.4, -0.2) is 15.6 Å². The molecule has 2 heteroatoms. The minimum Gasteiger partial charge on any atom is -0.407 e. The zero-order valence-electron chi connectivity index (χ0n) is 12.5. The van der Waals surface area contributed by atoms with Gasteiger partial charge in [0.15, 0.2) is 0 Å². The first-order valence-electron chi connectivity index (χ1n) is 7.58. The highest BCUT2D eigenvalue weighted by atomic mass is 28.3. The monoisotopic (exact) mass is 303 g/mol. The molecule has 109 valence electrons. The molecule has 1 radical (unpaired) electrons. The van der Waals surface area contributed by atoms with Gasteiger partial charge in [-0.3, -0.25) is 0 Å². The molecule has 0 aromatic heterocycles. The average Bonchev–Trinajstić information content (AvgIpc) is 2.61. The summed E-state index contributed by atoms with van der Waals surface area (Å²) in [6.07, 6.45) is 0.953. The van der Waals surface area contributed by atoms with Crippen molar-refractivity contribution in [3.63, 3.8) is 0 Å². The largest absolute Gasteiger partial charge is 0.407 e. The average molecular weight is 303 g/mol. The lowest BCUT2D eigenvalue weighted by atomic mass is 10.2. The predicted octanol–water partition coefficient (Wildman–Crippen LogP) is 3.05. The molecular weight excluding hydrogens is 284 g/mol. The van der Waals surface area contributed by atoms with Gasteiger partial charge in [0, 0.05) is 6.61 Å². The molecular formula is C20H19OSi. The Morgan fingerprint density at radius 3 is 1.55 bits per heavy atom. The van der Waals surface area contributed by atoms with Gasteiger partial charge in [-0.25, -0.2) is 0 Å². The minimum atomic E-state index is -1.17. The van der Waals surface area contributed by atoms with Crippen molar-refractivity contribution in [1.29, 1.82) is 0 Å². The molecule has 0 saturated heterocycles. The van der Waals surface area contributed by atoms with Crippen molar-refractivity contribution in [2.24, 2.45) is 0 Å².